The van der Waals surface area contributed by atoms with Crippen LogP contribution < -0.4 is 9.31 Å². The van der Waals surface area contributed by atoms with E-state index in [0.29, 0.717) is 17.3 Å². The lowest BCUT2D eigenvalue weighted by Gasteiger charge is -2.23. The summed E-state index contributed by atoms with van der Waals surface area (Å²) < 4.78 is 13.3. The van der Waals surface area contributed by atoms with Crippen molar-refractivity contribution in [2.75, 3.05) is 7.05 Å². The molecular weight excluding hydrogens is 679 g/mol. The van der Waals surface area contributed by atoms with Crippen molar-refractivity contribution >= 4 is 44.9 Å². The number of aryl methyl sites for hydroxylation is 1. The third-order valence-electron chi connectivity index (χ3n) is 10.1. The van der Waals surface area contributed by atoms with Crippen LogP contribution in [0.25, 0.3) is 39.0 Å². The second kappa shape index (κ2) is 12.8. The first kappa shape index (κ1) is 36.0. The van der Waals surface area contributed by atoms with Crippen LogP contribution >= 0.6 is 0 Å². The van der Waals surface area contributed by atoms with E-state index >= 15 is 0 Å². The van der Waals surface area contributed by atoms with Gasteiger partial charge in [-0.3, -0.25) is 4.57 Å². The molecule has 0 saturated heterocycles. The monoisotopic (exact) mass is 727 g/mol. The van der Waals surface area contributed by atoms with Gasteiger partial charge in [-0.25, -0.2) is 19.9 Å². The summed E-state index contributed by atoms with van der Waals surface area (Å²) in [7, 11) is 2.01. The first-order valence-corrected chi connectivity index (χ1v) is 19.0. The van der Waals surface area contributed by atoms with Crippen LogP contribution in [0.15, 0.2) is 97.2 Å². The Morgan fingerprint density at radius 2 is 1.35 bits per heavy atom. The summed E-state index contributed by atoms with van der Waals surface area (Å²) in [5.74, 6) is 4.21. The van der Waals surface area contributed by atoms with E-state index in [1.807, 2.05) is 48.2 Å². The molecule has 0 unspecified atom stereocenters. The number of fused-ring (bicyclic) bond motifs is 4. The molecule has 0 bridgehead atoms. The van der Waals surface area contributed by atoms with Crippen LogP contribution in [0.4, 0.5) is 17.1 Å². The minimum atomic E-state index is -0.308. The van der Waals surface area contributed by atoms with E-state index in [0.717, 1.165) is 67.5 Å². The van der Waals surface area contributed by atoms with Crippen LogP contribution in [0.5, 0.6) is 11.5 Å². The lowest BCUT2D eigenvalue weighted by molar-refractivity contribution is -0.394. The van der Waals surface area contributed by atoms with Gasteiger partial charge in [0.05, 0.1) is 22.7 Å². The highest BCUT2D eigenvalue weighted by Gasteiger charge is 2.33. The van der Waals surface area contributed by atoms with E-state index in [1.54, 1.807) is 0 Å². The zero-order chi connectivity index (χ0) is 39.0. The summed E-state index contributed by atoms with van der Waals surface area (Å²) >= 11 is 0. The number of aromatic nitrogens is 5. The molecule has 55 heavy (non-hydrogen) atoms. The Bertz CT molecular complexity index is 2710. The fourth-order valence-corrected chi connectivity index (χ4v) is 7.03. The molecule has 276 valence electrons. The Hall–Kier alpha value is -5.98. The largest absolute Gasteiger partial charge is 0.496 e. The number of ether oxygens (including phenoxy) is 1. The molecule has 0 radical (unpaired) electrons. The van der Waals surface area contributed by atoms with Crippen molar-refractivity contribution in [1.82, 2.24) is 29.1 Å². The first-order chi connectivity index (χ1) is 26.0. The Kier molecular flexibility index (Phi) is 8.39. The predicted octanol–water partition coefficient (Wildman–Crippen LogP) is 11.3. The fraction of sp³-hybridized carbons (Fsp3) is 0.298. The quantitative estimate of drug-likeness (QED) is 0.165. The van der Waals surface area contributed by atoms with Crippen molar-refractivity contribution in [3.05, 3.63) is 120 Å². The van der Waals surface area contributed by atoms with Gasteiger partial charge in [0, 0.05) is 52.1 Å². The summed E-state index contributed by atoms with van der Waals surface area (Å²) in [6, 6.07) is 35.2. The maximum Gasteiger partial charge on any atom is 0.496 e. The molecule has 0 N–H and O–H groups in total. The predicted molar refractivity (Wildman–Crippen MR) is 223 cm³/mol. The third-order valence-corrected chi connectivity index (χ3v) is 10.1. The molecule has 1 aliphatic heterocycles. The Labute approximate surface area is 323 Å². The minimum absolute atomic E-state index is 0.0436. The van der Waals surface area contributed by atoms with Crippen LogP contribution in [0.1, 0.15) is 85.1 Å². The lowest BCUT2D eigenvalue weighted by Crippen LogP contribution is -2.24. The van der Waals surface area contributed by atoms with Crippen molar-refractivity contribution in [2.45, 2.75) is 85.5 Å². The molecule has 8 heteroatoms. The molecule has 8 nitrogen and oxygen atoms in total. The molecule has 0 saturated carbocycles. The average molecular weight is 728 g/mol. The van der Waals surface area contributed by atoms with Crippen LogP contribution in [-0.2, 0) is 16.2 Å². The van der Waals surface area contributed by atoms with E-state index in [2.05, 4.69) is 145 Å². The summed E-state index contributed by atoms with van der Waals surface area (Å²) in [5.41, 5.74) is 7.65. The topological polar surface area (TPSA) is 71.7 Å². The zero-order valence-corrected chi connectivity index (χ0v) is 33.8. The maximum absolute atomic E-state index is 7.02. The molecule has 0 atom stereocenters. The van der Waals surface area contributed by atoms with E-state index < -0.39 is 0 Å². The minimum Gasteiger partial charge on any atom is -0.456 e. The van der Waals surface area contributed by atoms with Crippen molar-refractivity contribution < 1.29 is 9.31 Å². The summed E-state index contributed by atoms with van der Waals surface area (Å²) in [6.45, 7) is 21.7. The van der Waals surface area contributed by atoms with Crippen LogP contribution in [0.2, 0.25) is 0 Å². The van der Waals surface area contributed by atoms with Gasteiger partial charge in [0.1, 0.15) is 29.0 Å². The molecule has 3 aromatic heterocycles. The first-order valence-electron chi connectivity index (χ1n) is 19.0. The van der Waals surface area contributed by atoms with Gasteiger partial charge in [-0.1, -0.05) is 91.2 Å². The third kappa shape index (κ3) is 6.61. The summed E-state index contributed by atoms with van der Waals surface area (Å²) in [4.78, 5) is 20.2. The maximum atomic E-state index is 7.02. The summed E-state index contributed by atoms with van der Waals surface area (Å²) in [5, 5.41) is 2.20. The zero-order valence-electron chi connectivity index (χ0n) is 33.8. The molecule has 0 spiro atoms. The van der Waals surface area contributed by atoms with Gasteiger partial charge in [-0.2, -0.15) is 0 Å². The van der Waals surface area contributed by atoms with Crippen LogP contribution in [-0.4, -0.2) is 42.1 Å². The number of benzene rings is 4. The number of pyridine rings is 1. The molecule has 1 aliphatic rings. The average Bonchev–Trinajstić information content (AvgIpc) is 3.63. The van der Waals surface area contributed by atoms with Crippen LogP contribution in [0.3, 0.4) is 0 Å². The second-order valence-electron chi connectivity index (χ2n) is 17.8. The Balaban J connectivity index is 1.42. The van der Waals surface area contributed by atoms with Gasteiger partial charge in [-0.05, 0) is 64.4 Å². The standard InChI is InChI=1S/C47H49N7O/c1-29-21-22-48-41(23-29)54-36-20-19-30(45(2,3)4)24-33(36)34-26-35(42-49-43(46(5,6)7)51-44(50-42)47(8,9)10)40(27-39(34)54)55-32-16-14-15-31(25-32)53-28-52(11)37-17-12-13-18-38(37)53/h12-27H,1-11H3/q+2. The lowest BCUT2D eigenvalue weighted by atomic mass is 9.86. The van der Waals surface area contributed by atoms with E-state index in [9.17, 15) is 0 Å². The van der Waals surface area contributed by atoms with E-state index in [1.165, 1.54) is 5.56 Å². The smallest absolute Gasteiger partial charge is 0.456 e. The van der Waals surface area contributed by atoms with Crippen LogP contribution in [0, 0.1) is 6.92 Å². The SMILES string of the molecule is Cc1ccnc(-n2c3ccc(C(C)(C)C)cc3c3cc(-c4nc(C(C)(C)C)nc(C(C)(C)C)n4)c(Oc4cccc([N+]5=C=[N+](C)c6ccccc65)c4)cc32)c1. The van der Waals surface area contributed by atoms with Gasteiger partial charge >= 0.3 is 6.01 Å². The molecule has 4 aromatic carbocycles. The number of hydrogen-bond donors (Lipinski definition) is 0. The Morgan fingerprint density at radius 1 is 0.655 bits per heavy atom. The number of rotatable bonds is 5. The van der Waals surface area contributed by atoms with Crippen molar-refractivity contribution in [2.24, 2.45) is 0 Å². The highest BCUT2D eigenvalue weighted by Crippen LogP contribution is 2.43. The second-order valence-corrected chi connectivity index (χ2v) is 17.8. The molecule has 4 heterocycles. The highest BCUT2D eigenvalue weighted by atomic mass is 16.5. The Morgan fingerprint density at radius 3 is 2.02 bits per heavy atom. The van der Waals surface area contributed by atoms with Gasteiger partial charge in [0.15, 0.2) is 12.9 Å². The van der Waals surface area contributed by atoms with Crippen molar-refractivity contribution in [3.63, 3.8) is 0 Å². The molecule has 0 fully saturated rings. The number of para-hydroxylation sites is 2. The number of nitrogens with zero attached hydrogens (tertiary/aromatic N) is 7. The molecule has 8 rings (SSSR count). The van der Waals surface area contributed by atoms with E-state index in [4.69, 9.17) is 24.7 Å². The number of hydrogen-bond acceptors (Lipinski definition) is 5. The molecule has 0 aliphatic carbocycles. The van der Waals surface area contributed by atoms with Crippen molar-refractivity contribution in [1.29, 1.82) is 0 Å². The normalized spacial score (nSPS) is 13.3. The molecular formula is C47H49N7O+2. The molecule has 7 aromatic rings. The van der Waals surface area contributed by atoms with Crippen molar-refractivity contribution in [3.8, 4) is 28.7 Å². The molecule has 0 amide bonds. The fourth-order valence-electron chi connectivity index (χ4n) is 7.03. The van der Waals surface area contributed by atoms with E-state index in [-0.39, 0.29) is 16.2 Å². The summed E-state index contributed by atoms with van der Waals surface area (Å²) in [6.07, 6.45) is 1.87. The van der Waals surface area contributed by atoms with Gasteiger partial charge in [0.25, 0.3) is 11.4 Å². The van der Waals surface area contributed by atoms with Gasteiger partial charge < -0.3 is 4.74 Å². The highest BCUT2D eigenvalue weighted by molar-refractivity contribution is 6.11. The van der Waals surface area contributed by atoms with Gasteiger partial charge in [0.2, 0.25) is 5.69 Å². The van der Waals surface area contributed by atoms with Gasteiger partial charge in [-0.15, -0.1) is 0 Å².